The first-order valence-electron chi connectivity index (χ1n) is 11.7. The molecule has 4 aromatic rings. The second-order valence-corrected chi connectivity index (χ2v) is 8.62. The molecule has 0 saturated heterocycles. The minimum atomic E-state index is 0.249. The predicted molar refractivity (Wildman–Crippen MR) is 130 cm³/mol. The van der Waals surface area contributed by atoms with E-state index in [4.69, 9.17) is 4.74 Å². The van der Waals surface area contributed by atoms with Gasteiger partial charge in [0.15, 0.2) is 5.78 Å². The number of fused-ring (bicyclic) bond motifs is 1. The van der Waals surface area contributed by atoms with Crippen molar-refractivity contribution in [2.45, 2.75) is 38.5 Å². The summed E-state index contributed by atoms with van der Waals surface area (Å²) >= 11 is 0. The van der Waals surface area contributed by atoms with E-state index in [0.717, 1.165) is 59.6 Å². The average molecular weight is 437 g/mol. The molecule has 1 aromatic heterocycles. The van der Waals surface area contributed by atoms with Crippen molar-refractivity contribution < 1.29 is 9.53 Å². The number of H-pyrrole nitrogens is 1. The summed E-state index contributed by atoms with van der Waals surface area (Å²) in [6, 6.07) is 24.7. The van der Waals surface area contributed by atoms with Crippen LogP contribution in [0.1, 0.15) is 57.0 Å². The number of aromatic nitrogens is 2. The van der Waals surface area contributed by atoms with E-state index >= 15 is 0 Å². The molecule has 0 fully saturated rings. The smallest absolute Gasteiger partial charge is 0.163 e. The summed E-state index contributed by atoms with van der Waals surface area (Å²) in [5, 5.41) is 0. The van der Waals surface area contributed by atoms with Gasteiger partial charge in [-0.05, 0) is 41.7 Å². The molecule has 4 heteroatoms. The SMILES string of the molecule is O=C1CCCc2c1ccc(OCCc1ncc(Cc3ccccc3)[nH]1)c2Cc1ccccc1. The number of ketones is 1. The van der Waals surface area contributed by atoms with Crippen molar-refractivity contribution in [1.82, 2.24) is 9.97 Å². The highest BCUT2D eigenvalue weighted by atomic mass is 16.5. The number of hydrogen-bond acceptors (Lipinski definition) is 3. The molecule has 1 N–H and O–H groups in total. The highest BCUT2D eigenvalue weighted by Gasteiger charge is 2.22. The Kier molecular flexibility index (Phi) is 6.34. The lowest BCUT2D eigenvalue weighted by atomic mass is 9.85. The fraction of sp³-hybridized carbons (Fsp3) is 0.241. The van der Waals surface area contributed by atoms with Crippen molar-refractivity contribution in [3.05, 3.63) is 118 Å². The van der Waals surface area contributed by atoms with Gasteiger partial charge in [-0.3, -0.25) is 4.79 Å². The van der Waals surface area contributed by atoms with Gasteiger partial charge in [-0.1, -0.05) is 60.7 Å². The van der Waals surface area contributed by atoms with Crippen LogP contribution in [0.3, 0.4) is 0 Å². The lowest BCUT2D eigenvalue weighted by Gasteiger charge is -2.22. The Bertz CT molecular complexity index is 1230. The van der Waals surface area contributed by atoms with Gasteiger partial charge in [0.25, 0.3) is 0 Å². The van der Waals surface area contributed by atoms with Gasteiger partial charge in [-0.25, -0.2) is 4.98 Å². The largest absolute Gasteiger partial charge is 0.493 e. The maximum Gasteiger partial charge on any atom is 0.163 e. The molecule has 3 aromatic carbocycles. The van der Waals surface area contributed by atoms with Gasteiger partial charge >= 0.3 is 0 Å². The fourth-order valence-corrected chi connectivity index (χ4v) is 4.60. The minimum absolute atomic E-state index is 0.249. The van der Waals surface area contributed by atoms with Crippen LogP contribution in [0.4, 0.5) is 0 Å². The number of Topliss-reactive ketones (excluding diaryl/α,β-unsaturated/α-hetero) is 1. The minimum Gasteiger partial charge on any atom is -0.493 e. The molecule has 33 heavy (non-hydrogen) atoms. The third-order valence-electron chi connectivity index (χ3n) is 6.26. The van der Waals surface area contributed by atoms with Crippen LogP contribution in [0.2, 0.25) is 0 Å². The van der Waals surface area contributed by atoms with E-state index in [0.29, 0.717) is 19.4 Å². The van der Waals surface area contributed by atoms with E-state index in [-0.39, 0.29) is 5.78 Å². The Morgan fingerprint density at radius 3 is 2.33 bits per heavy atom. The molecule has 0 atom stereocenters. The fourth-order valence-electron chi connectivity index (χ4n) is 4.60. The summed E-state index contributed by atoms with van der Waals surface area (Å²) in [4.78, 5) is 20.4. The van der Waals surface area contributed by atoms with Crippen molar-refractivity contribution >= 4 is 5.78 Å². The van der Waals surface area contributed by atoms with Gasteiger partial charge in [0.05, 0.1) is 6.61 Å². The van der Waals surface area contributed by atoms with E-state index in [1.54, 1.807) is 0 Å². The Balaban J connectivity index is 1.30. The summed E-state index contributed by atoms with van der Waals surface area (Å²) in [5.74, 6) is 2.06. The van der Waals surface area contributed by atoms with Gasteiger partial charge in [-0.2, -0.15) is 0 Å². The number of nitrogens with zero attached hydrogens (tertiary/aromatic N) is 1. The predicted octanol–water partition coefficient (Wildman–Crippen LogP) is 5.73. The van der Waals surface area contributed by atoms with Crippen LogP contribution in [0, 0.1) is 0 Å². The van der Waals surface area contributed by atoms with Crippen LogP contribution in [0.25, 0.3) is 0 Å². The van der Waals surface area contributed by atoms with Gasteiger partial charge < -0.3 is 9.72 Å². The van der Waals surface area contributed by atoms with E-state index in [2.05, 4.69) is 58.5 Å². The zero-order valence-electron chi connectivity index (χ0n) is 18.7. The number of nitrogens with one attached hydrogen (secondary N) is 1. The first kappa shape index (κ1) is 21.2. The number of carbonyl (C=O) groups is 1. The lowest BCUT2D eigenvalue weighted by molar-refractivity contribution is 0.0972. The summed E-state index contributed by atoms with van der Waals surface area (Å²) < 4.78 is 6.27. The highest BCUT2D eigenvalue weighted by Crippen LogP contribution is 2.33. The molecule has 0 aliphatic heterocycles. The normalized spacial score (nSPS) is 13.0. The van der Waals surface area contributed by atoms with Crippen molar-refractivity contribution in [2.75, 3.05) is 6.61 Å². The number of rotatable bonds is 8. The molecule has 5 rings (SSSR count). The zero-order chi connectivity index (χ0) is 22.5. The standard InChI is InChI=1S/C29H28N2O2/c32-27-13-7-12-24-25(27)14-15-28(26(24)19-22-10-5-2-6-11-22)33-17-16-29-30-20-23(31-29)18-21-8-3-1-4-9-21/h1-6,8-11,14-15,20H,7,12-13,16-19H2,(H,30,31). The Labute approximate surface area is 194 Å². The number of benzene rings is 3. The number of aromatic amines is 1. The van der Waals surface area contributed by atoms with Crippen LogP contribution in [-0.2, 0) is 25.7 Å². The summed E-state index contributed by atoms with van der Waals surface area (Å²) in [5.41, 5.74) is 6.78. The van der Waals surface area contributed by atoms with Crippen LogP contribution in [0.5, 0.6) is 5.75 Å². The lowest BCUT2D eigenvalue weighted by Crippen LogP contribution is -2.15. The van der Waals surface area contributed by atoms with Crippen LogP contribution in [-0.4, -0.2) is 22.4 Å². The first-order valence-corrected chi connectivity index (χ1v) is 11.7. The molecule has 0 saturated carbocycles. The molecule has 1 heterocycles. The van der Waals surface area contributed by atoms with Crippen molar-refractivity contribution in [3.8, 4) is 5.75 Å². The number of imidazole rings is 1. The van der Waals surface area contributed by atoms with Crippen LogP contribution < -0.4 is 4.74 Å². The summed E-state index contributed by atoms with van der Waals surface area (Å²) in [7, 11) is 0. The molecule has 0 bridgehead atoms. The molecular formula is C29H28N2O2. The Morgan fingerprint density at radius 2 is 1.58 bits per heavy atom. The average Bonchev–Trinajstić information content (AvgIpc) is 3.29. The summed E-state index contributed by atoms with van der Waals surface area (Å²) in [6.45, 7) is 0.535. The number of carbonyl (C=O) groups excluding carboxylic acids is 1. The van der Waals surface area contributed by atoms with Gasteiger partial charge in [0, 0.05) is 48.7 Å². The Morgan fingerprint density at radius 1 is 0.848 bits per heavy atom. The van der Waals surface area contributed by atoms with Crippen LogP contribution >= 0.6 is 0 Å². The third-order valence-corrected chi connectivity index (χ3v) is 6.26. The zero-order valence-corrected chi connectivity index (χ0v) is 18.7. The van der Waals surface area contributed by atoms with E-state index < -0.39 is 0 Å². The summed E-state index contributed by atoms with van der Waals surface area (Å²) in [6.07, 6.45) is 6.71. The van der Waals surface area contributed by atoms with Gasteiger partial charge in [0.2, 0.25) is 0 Å². The van der Waals surface area contributed by atoms with Gasteiger partial charge in [-0.15, -0.1) is 0 Å². The van der Waals surface area contributed by atoms with Crippen LogP contribution in [0.15, 0.2) is 79.0 Å². The maximum absolute atomic E-state index is 12.5. The van der Waals surface area contributed by atoms with Crippen molar-refractivity contribution in [2.24, 2.45) is 0 Å². The van der Waals surface area contributed by atoms with Crippen molar-refractivity contribution in [1.29, 1.82) is 0 Å². The van der Waals surface area contributed by atoms with Gasteiger partial charge in [0.1, 0.15) is 11.6 Å². The molecule has 0 amide bonds. The molecule has 1 aliphatic carbocycles. The number of hydrogen-bond donors (Lipinski definition) is 1. The highest BCUT2D eigenvalue weighted by molar-refractivity contribution is 5.99. The van der Waals surface area contributed by atoms with E-state index in [1.807, 2.05) is 30.5 Å². The van der Waals surface area contributed by atoms with E-state index in [1.165, 1.54) is 11.1 Å². The third kappa shape index (κ3) is 5.06. The second-order valence-electron chi connectivity index (χ2n) is 8.62. The molecule has 0 unspecified atom stereocenters. The quantitative estimate of drug-likeness (QED) is 0.384. The Hall–Kier alpha value is -3.66. The molecule has 0 spiro atoms. The molecule has 0 radical (unpaired) electrons. The molecule has 166 valence electrons. The molecule has 1 aliphatic rings. The molecule has 4 nitrogen and oxygen atoms in total. The van der Waals surface area contributed by atoms with Crippen molar-refractivity contribution in [3.63, 3.8) is 0 Å². The maximum atomic E-state index is 12.5. The topological polar surface area (TPSA) is 55.0 Å². The van der Waals surface area contributed by atoms with E-state index in [9.17, 15) is 4.79 Å². The second kappa shape index (κ2) is 9.86. The first-order chi connectivity index (χ1) is 16.3. The molecular weight excluding hydrogens is 408 g/mol. The monoisotopic (exact) mass is 436 g/mol. The number of ether oxygens (including phenoxy) is 1.